The van der Waals surface area contributed by atoms with E-state index in [1.54, 1.807) is 6.92 Å². The average Bonchev–Trinajstić information content (AvgIpc) is 2.84. The first-order chi connectivity index (χ1) is 12.4. The third-order valence-electron chi connectivity index (χ3n) is 4.43. The number of benzene rings is 1. The highest BCUT2D eigenvalue weighted by molar-refractivity contribution is 7.88. The molecule has 2 amide bonds. The summed E-state index contributed by atoms with van der Waals surface area (Å²) < 4.78 is 29.4. The molecule has 0 saturated carbocycles. The molecule has 0 radical (unpaired) electrons. The predicted octanol–water partition coefficient (Wildman–Crippen LogP) is 0.598. The van der Waals surface area contributed by atoms with Crippen LogP contribution < -0.4 is 10.5 Å². The summed E-state index contributed by atoms with van der Waals surface area (Å²) in [7, 11) is -3.85. The van der Waals surface area contributed by atoms with Crippen LogP contribution in [0.15, 0.2) is 34.7 Å². The average molecular weight is 381 g/mol. The lowest BCUT2D eigenvalue weighted by atomic mass is 10.0. The van der Waals surface area contributed by atoms with E-state index in [0.29, 0.717) is 26.0 Å². The van der Waals surface area contributed by atoms with Crippen molar-refractivity contribution in [3.63, 3.8) is 0 Å². The first kappa shape index (κ1) is 18.6. The molecule has 1 aromatic rings. The number of fused-ring (bicyclic) bond motifs is 2. The summed E-state index contributed by atoms with van der Waals surface area (Å²) in [4.78, 5) is 19.9. The summed E-state index contributed by atoms with van der Waals surface area (Å²) in [5.41, 5.74) is 6.86. The summed E-state index contributed by atoms with van der Waals surface area (Å²) in [5.74, 6) is -0.0809. The second-order valence-corrected chi connectivity index (χ2v) is 7.68. The number of carbonyl (C=O) groups excluding carboxylic acids is 1. The Morgan fingerprint density at radius 2 is 2.08 bits per heavy atom. The van der Waals surface area contributed by atoms with Gasteiger partial charge in [0.1, 0.15) is 12.4 Å². The van der Waals surface area contributed by atoms with Gasteiger partial charge in [-0.3, -0.25) is 4.84 Å². The van der Waals surface area contributed by atoms with E-state index in [-0.39, 0.29) is 24.5 Å². The van der Waals surface area contributed by atoms with Gasteiger partial charge in [-0.2, -0.15) is 18.2 Å². The maximum Gasteiger partial charge on any atom is 0.344 e. The topological polar surface area (TPSA) is 117 Å². The number of piperidine rings is 1. The van der Waals surface area contributed by atoms with Gasteiger partial charge in [-0.05, 0) is 18.4 Å². The van der Waals surface area contributed by atoms with E-state index >= 15 is 0 Å². The van der Waals surface area contributed by atoms with Crippen LogP contribution in [0.25, 0.3) is 0 Å². The lowest BCUT2D eigenvalue weighted by molar-refractivity contribution is -0.140. The van der Waals surface area contributed by atoms with Crippen molar-refractivity contribution >= 4 is 22.1 Å². The molecule has 2 heterocycles. The molecule has 2 saturated heterocycles. The number of carbonyl (C=O) groups is 1. The van der Waals surface area contributed by atoms with E-state index in [0.717, 1.165) is 5.56 Å². The van der Waals surface area contributed by atoms with E-state index in [1.165, 1.54) is 9.96 Å². The second kappa shape index (κ2) is 7.60. The van der Waals surface area contributed by atoms with Crippen molar-refractivity contribution in [2.45, 2.75) is 38.5 Å². The van der Waals surface area contributed by atoms with Crippen LogP contribution in [0.4, 0.5) is 4.79 Å². The second-order valence-electron chi connectivity index (χ2n) is 6.26. The van der Waals surface area contributed by atoms with Gasteiger partial charge in [0.25, 0.3) is 0 Å². The molecule has 2 aliphatic rings. The molecule has 0 unspecified atom stereocenters. The summed E-state index contributed by atoms with van der Waals surface area (Å²) in [6.45, 7) is 2.60. The van der Waals surface area contributed by atoms with Gasteiger partial charge in [0.15, 0.2) is 0 Å². The van der Waals surface area contributed by atoms with Crippen LogP contribution >= 0.6 is 0 Å². The highest BCUT2D eigenvalue weighted by Gasteiger charge is 2.47. The zero-order valence-corrected chi connectivity index (χ0v) is 15.4. The smallest absolute Gasteiger partial charge is 0.344 e. The van der Waals surface area contributed by atoms with Gasteiger partial charge in [-0.15, -0.1) is 4.40 Å². The SMILES string of the molecule is CCNS(=O)(=O)N=C(N)[C@@H]1CC[C@@H]2CN1C(=O)N2OCc1ccccc1. The van der Waals surface area contributed by atoms with E-state index in [4.69, 9.17) is 10.6 Å². The number of urea groups is 1. The van der Waals surface area contributed by atoms with Crippen LogP contribution in [0.3, 0.4) is 0 Å². The molecule has 2 fully saturated rings. The van der Waals surface area contributed by atoms with Gasteiger partial charge in [0.05, 0.1) is 12.1 Å². The largest absolute Gasteiger partial charge is 0.385 e. The number of amides is 2. The van der Waals surface area contributed by atoms with Crippen molar-refractivity contribution in [3.8, 4) is 0 Å². The Morgan fingerprint density at radius 1 is 1.35 bits per heavy atom. The van der Waals surface area contributed by atoms with E-state index in [1.807, 2.05) is 30.3 Å². The molecule has 142 valence electrons. The number of nitrogens with one attached hydrogen (secondary N) is 1. The van der Waals surface area contributed by atoms with Crippen LogP contribution in [0, 0.1) is 0 Å². The molecule has 2 bridgehead atoms. The van der Waals surface area contributed by atoms with E-state index in [9.17, 15) is 13.2 Å². The van der Waals surface area contributed by atoms with Crippen LogP contribution in [-0.2, 0) is 21.7 Å². The van der Waals surface area contributed by atoms with Crippen molar-refractivity contribution in [1.29, 1.82) is 0 Å². The van der Waals surface area contributed by atoms with Crippen LogP contribution in [0.5, 0.6) is 0 Å². The van der Waals surface area contributed by atoms with Crippen molar-refractivity contribution < 1.29 is 18.0 Å². The molecular weight excluding hydrogens is 358 g/mol. The van der Waals surface area contributed by atoms with E-state index in [2.05, 4.69) is 9.12 Å². The Bertz CT molecular complexity index is 783. The number of amidine groups is 1. The summed E-state index contributed by atoms with van der Waals surface area (Å²) in [5, 5.41) is 1.37. The number of nitrogens with zero attached hydrogens (tertiary/aromatic N) is 3. The molecule has 0 aliphatic carbocycles. The summed E-state index contributed by atoms with van der Waals surface area (Å²) >= 11 is 0. The van der Waals surface area contributed by atoms with Crippen molar-refractivity contribution in [2.75, 3.05) is 13.1 Å². The minimum atomic E-state index is -3.85. The van der Waals surface area contributed by atoms with Gasteiger partial charge in [0, 0.05) is 13.1 Å². The normalized spacial score (nSPS) is 23.6. The molecule has 26 heavy (non-hydrogen) atoms. The van der Waals surface area contributed by atoms with Crippen LogP contribution in [0.1, 0.15) is 25.3 Å². The first-order valence-electron chi connectivity index (χ1n) is 8.53. The fraction of sp³-hybridized carbons (Fsp3) is 0.500. The Morgan fingerprint density at radius 3 is 2.77 bits per heavy atom. The molecule has 3 N–H and O–H groups in total. The predicted molar refractivity (Wildman–Crippen MR) is 96.2 cm³/mol. The van der Waals surface area contributed by atoms with Crippen LogP contribution in [0.2, 0.25) is 0 Å². The summed E-state index contributed by atoms with van der Waals surface area (Å²) in [6.07, 6.45) is 1.21. The number of hydrogen-bond donors (Lipinski definition) is 2. The number of hydrogen-bond acceptors (Lipinski definition) is 4. The molecule has 10 heteroatoms. The van der Waals surface area contributed by atoms with Crippen LogP contribution in [-0.4, -0.2) is 55.4 Å². The van der Waals surface area contributed by atoms with Gasteiger partial charge >= 0.3 is 16.2 Å². The molecule has 0 aromatic heterocycles. The Kier molecular flexibility index (Phi) is 5.44. The maximum atomic E-state index is 12.7. The fourth-order valence-corrected chi connectivity index (χ4v) is 4.07. The third-order valence-corrected chi connectivity index (χ3v) is 5.53. The standard InChI is InChI=1S/C16H23N5O4S/c1-2-18-26(23,24)19-15(17)14-9-8-13-10-20(14)16(22)21(13)25-11-12-6-4-3-5-7-12/h3-7,13-14,18H,2,8-11H2,1H3,(H2,17,19)/t13-,14+/m1/s1. The number of hydroxylamine groups is 2. The van der Waals surface area contributed by atoms with Crippen molar-refractivity contribution in [2.24, 2.45) is 10.1 Å². The lowest BCUT2D eigenvalue weighted by Gasteiger charge is -2.29. The zero-order chi connectivity index (χ0) is 18.7. The van der Waals surface area contributed by atoms with Crippen molar-refractivity contribution in [1.82, 2.24) is 14.7 Å². The molecular formula is C16H23N5O4S. The fourth-order valence-electron chi connectivity index (χ4n) is 3.24. The van der Waals surface area contributed by atoms with Gasteiger partial charge < -0.3 is 10.6 Å². The molecule has 0 spiro atoms. The Hall–Kier alpha value is -2.17. The molecule has 3 rings (SSSR count). The number of rotatable bonds is 7. The minimum Gasteiger partial charge on any atom is -0.385 e. The highest BCUT2D eigenvalue weighted by atomic mass is 32.2. The Labute approximate surface area is 152 Å². The minimum absolute atomic E-state index is 0.0689. The van der Waals surface area contributed by atoms with Gasteiger partial charge in [0.2, 0.25) is 0 Å². The summed E-state index contributed by atoms with van der Waals surface area (Å²) in [6, 6.07) is 8.65. The Balaban J connectivity index is 1.68. The lowest BCUT2D eigenvalue weighted by Crippen LogP contribution is -2.48. The third kappa shape index (κ3) is 3.97. The van der Waals surface area contributed by atoms with Crippen molar-refractivity contribution in [3.05, 3.63) is 35.9 Å². The van der Waals surface area contributed by atoms with Gasteiger partial charge in [-0.25, -0.2) is 4.79 Å². The van der Waals surface area contributed by atoms with Gasteiger partial charge in [-0.1, -0.05) is 37.3 Å². The molecule has 2 aliphatic heterocycles. The number of nitrogens with two attached hydrogens (primary N) is 1. The monoisotopic (exact) mass is 381 g/mol. The quantitative estimate of drug-likeness (QED) is 0.530. The first-order valence-corrected chi connectivity index (χ1v) is 9.97. The molecule has 2 atom stereocenters. The maximum absolute atomic E-state index is 12.7. The molecule has 9 nitrogen and oxygen atoms in total. The highest BCUT2D eigenvalue weighted by Crippen LogP contribution is 2.30. The van der Waals surface area contributed by atoms with E-state index < -0.39 is 16.3 Å². The molecule has 1 aromatic carbocycles. The zero-order valence-electron chi connectivity index (χ0n) is 14.5.